The highest BCUT2D eigenvalue weighted by molar-refractivity contribution is 4.31. The zero-order valence-electron chi connectivity index (χ0n) is 2.92. The third-order valence-electron chi connectivity index (χ3n) is 0.180. The second-order valence-electron chi connectivity index (χ2n) is 0.553. The fourth-order valence-corrected chi connectivity index (χ4v) is 0.0609. The van der Waals surface area contributed by atoms with Crippen molar-refractivity contribution in [1.82, 2.24) is 5.43 Å². The summed E-state index contributed by atoms with van der Waals surface area (Å²) in [6, 6.07) is 0. The van der Waals surface area contributed by atoms with E-state index >= 15 is 0 Å². The molecule has 0 saturated carbocycles. The molecule has 0 aromatic carbocycles. The van der Waals surface area contributed by atoms with Crippen molar-refractivity contribution in [1.29, 1.82) is 0 Å². The third-order valence-corrected chi connectivity index (χ3v) is 0.180. The van der Waals surface area contributed by atoms with Crippen LogP contribution in [0.2, 0.25) is 0 Å². The quantitative estimate of drug-likeness (QED) is 0.331. The summed E-state index contributed by atoms with van der Waals surface area (Å²) in [5.41, 5.74) is 6.14. The van der Waals surface area contributed by atoms with Crippen LogP contribution in [0.5, 0.6) is 0 Å². The SMILES string of the molecule is N[CH]N[N+](=O)[O-]. The maximum atomic E-state index is 9.18. The summed E-state index contributed by atoms with van der Waals surface area (Å²) in [4.78, 5) is 9.18. The molecule has 6 heavy (non-hydrogen) atoms. The van der Waals surface area contributed by atoms with Crippen molar-refractivity contribution in [3.8, 4) is 0 Å². The van der Waals surface area contributed by atoms with E-state index in [4.69, 9.17) is 0 Å². The van der Waals surface area contributed by atoms with Crippen LogP contribution in [0.4, 0.5) is 0 Å². The van der Waals surface area contributed by atoms with Gasteiger partial charge in [-0.1, -0.05) is 0 Å². The van der Waals surface area contributed by atoms with Crippen molar-refractivity contribution >= 4 is 0 Å². The van der Waals surface area contributed by atoms with E-state index in [2.05, 4.69) is 5.73 Å². The van der Waals surface area contributed by atoms with E-state index in [9.17, 15) is 10.1 Å². The highest BCUT2D eigenvalue weighted by Crippen LogP contribution is 1.50. The van der Waals surface area contributed by atoms with Crippen LogP contribution < -0.4 is 11.2 Å². The fraction of sp³-hybridized carbons (Fsp3) is 0. The lowest BCUT2D eigenvalue weighted by atomic mass is 11.2. The largest absolute Gasteiger partial charge is 0.304 e. The maximum Gasteiger partial charge on any atom is 0.173 e. The van der Waals surface area contributed by atoms with Crippen molar-refractivity contribution < 1.29 is 5.03 Å². The first-order valence-electron chi connectivity index (χ1n) is 1.21. The van der Waals surface area contributed by atoms with Crippen LogP contribution in [0.25, 0.3) is 0 Å². The first kappa shape index (κ1) is 5.16. The van der Waals surface area contributed by atoms with Gasteiger partial charge in [0.2, 0.25) is 0 Å². The Morgan fingerprint density at radius 2 is 2.50 bits per heavy atom. The van der Waals surface area contributed by atoms with Crippen molar-refractivity contribution in [3.63, 3.8) is 0 Å². The minimum Gasteiger partial charge on any atom is -0.304 e. The molecule has 35 valence electrons. The summed E-state index contributed by atoms with van der Waals surface area (Å²) in [5, 5.41) is 8.43. The maximum absolute atomic E-state index is 9.18. The number of nitrogens with two attached hydrogens (primary N) is 1. The van der Waals surface area contributed by atoms with E-state index in [1.807, 2.05) is 0 Å². The Bertz CT molecular complexity index is 52.8. The van der Waals surface area contributed by atoms with Gasteiger partial charge in [0.15, 0.2) is 11.7 Å². The predicted octanol–water partition coefficient (Wildman–Crippen LogP) is -1.15. The predicted molar refractivity (Wildman–Crippen MR) is 18.6 cm³/mol. The normalized spacial score (nSPS) is 7.50. The monoisotopic (exact) mass is 90.0 g/mol. The van der Waals surface area contributed by atoms with Crippen LogP contribution in [-0.2, 0) is 0 Å². The average molecular weight is 90.1 g/mol. The van der Waals surface area contributed by atoms with Gasteiger partial charge in [-0.2, -0.15) is 0 Å². The minimum atomic E-state index is -0.750. The van der Waals surface area contributed by atoms with Gasteiger partial charge in [-0.3, -0.25) is 0 Å². The van der Waals surface area contributed by atoms with Gasteiger partial charge in [-0.25, -0.2) is 10.1 Å². The molecule has 0 aliphatic carbocycles. The molecule has 0 aliphatic heterocycles. The number of hydrazine groups is 1. The fourth-order valence-electron chi connectivity index (χ4n) is 0.0609. The number of rotatable bonds is 2. The molecule has 5 nitrogen and oxygen atoms in total. The molecule has 5 heteroatoms. The third kappa shape index (κ3) is 3.16. The molecule has 0 fully saturated rings. The van der Waals surface area contributed by atoms with Crippen LogP contribution in [0.1, 0.15) is 0 Å². The standard InChI is InChI=1S/CH4N3O2/c2-1-3-4(5)6/h1,3H,2H2. The summed E-state index contributed by atoms with van der Waals surface area (Å²) >= 11 is 0. The molecular formula is CH4N3O2. The molecule has 0 heterocycles. The average Bonchev–Trinajstić information content (AvgIpc) is 1.35. The Kier molecular flexibility index (Phi) is 2.06. The molecule has 0 rings (SSSR count). The number of nitrogens with one attached hydrogen (secondary N) is 1. The Labute approximate surface area is 34.3 Å². The molecule has 0 bridgehead atoms. The highest BCUT2D eigenvalue weighted by Gasteiger charge is 1.82. The highest BCUT2D eigenvalue weighted by atomic mass is 16.7. The summed E-state index contributed by atoms with van der Waals surface area (Å²) in [7, 11) is 0. The van der Waals surface area contributed by atoms with E-state index in [0.717, 1.165) is 6.67 Å². The van der Waals surface area contributed by atoms with Crippen LogP contribution in [0.15, 0.2) is 0 Å². The number of hydrogen-bond donors (Lipinski definition) is 2. The Morgan fingerprint density at radius 1 is 2.00 bits per heavy atom. The van der Waals surface area contributed by atoms with Crippen LogP contribution in [-0.4, -0.2) is 5.03 Å². The zero-order valence-corrected chi connectivity index (χ0v) is 2.92. The topological polar surface area (TPSA) is 81.2 Å². The van der Waals surface area contributed by atoms with Crippen molar-refractivity contribution in [2.24, 2.45) is 5.73 Å². The molecule has 1 radical (unpaired) electrons. The molecule has 0 amide bonds. The molecular weight excluding hydrogens is 86.0 g/mol. The van der Waals surface area contributed by atoms with E-state index < -0.39 is 5.03 Å². The van der Waals surface area contributed by atoms with Crippen molar-refractivity contribution in [3.05, 3.63) is 16.8 Å². The molecule has 0 aliphatic rings. The second-order valence-corrected chi connectivity index (χ2v) is 0.553. The van der Waals surface area contributed by atoms with E-state index in [1.54, 1.807) is 5.43 Å². The molecule has 0 saturated heterocycles. The van der Waals surface area contributed by atoms with E-state index in [0.29, 0.717) is 0 Å². The number of hydrogen-bond acceptors (Lipinski definition) is 3. The van der Waals surface area contributed by atoms with Gasteiger partial charge in [0, 0.05) is 0 Å². The van der Waals surface area contributed by atoms with Crippen LogP contribution >= 0.6 is 0 Å². The van der Waals surface area contributed by atoms with Gasteiger partial charge in [-0.15, -0.1) is 5.43 Å². The minimum absolute atomic E-state index is 0.750. The van der Waals surface area contributed by atoms with E-state index in [-0.39, 0.29) is 0 Å². The molecule has 0 spiro atoms. The lowest BCUT2D eigenvalue weighted by Gasteiger charge is -1.82. The number of nitro groups is 1. The molecule has 0 unspecified atom stereocenters. The van der Waals surface area contributed by atoms with Gasteiger partial charge in [0.25, 0.3) is 0 Å². The van der Waals surface area contributed by atoms with Crippen LogP contribution in [0, 0.1) is 16.8 Å². The zero-order chi connectivity index (χ0) is 4.99. The van der Waals surface area contributed by atoms with Gasteiger partial charge < -0.3 is 5.73 Å². The molecule has 0 atom stereocenters. The summed E-state index contributed by atoms with van der Waals surface area (Å²) in [6.07, 6.45) is 0. The van der Waals surface area contributed by atoms with E-state index in [1.165, 1.54) is 0 Å². The second kappa shape index (κ2) is 2.40. The molecule has 0 aromatic rings. The van der Waals surface area contributed by atoms with Gasteiger partial charge >= 0.3 is 0 Å². The van der Waals surface area contributed by atoms with Gasteiger partial charge in [0.1, 0.15) is 0 Å². The summed E-state index contributed by atoms with van der Waals surface area (Å²) < 4.78 is 0. The lowest BCUT2D eigenvalue weighted by Crippen LogP contribution is -2.22. The Balaban J connectivity index is 2.83. The van der Waals surface area contributed by atoms with Gasteiger partial charge in [0.05, 0.1) is 0 Å². The Morgan fingerprint density at radius 3 is 2.50 bits per heavy atom. The first-order chi connectivity index (χ1) is 2.77. The number of nitrogens with zero attached hydrogens (tertiary/aromatic N) is 1. The lowest BCUT2D eigenvalue weighted by molar-refractivity contribution is -0.537. The summed E-state index contributed by atoms with van der Waals surface area (Å²) in [5.74, 6) is 0. The van der Waals surface area contributed by atoms with Gasteiger partial charge in [-0.05, 0) is 0 Å². The van der Waals surface area contributed by atoms with Crippen molar-refractivity contribution in [2.45, 2.75) is 0 Å². The van der Waals surface area contributed by atoms with Crippen LogP contribution in [0.3, 0.4) is 0 Å². The summed E-state index contributed by atoms with van der Waals surface area (Å²) in [6.45, 7) is 0.750. The Hall–Kier alpha value is -0.840. The van der Waals surface area contributed by atoms with Crippen molar-refractivity contribution in [2.75, 3.05) is 0 Å². The molecule has 3 N–H and O–H groups in total. The smallest absolute Gasteiger partial charge is 0.173 e. The molecule has 0 aromatic heterocycles. The first-order valence-corrected chi connectivity index (χ1v) is 1.21.